The lowest BCUT2D eigenvalue weighted by Crippen LogP contribution is -2.57. The van der Waals surface area contributed by atoms with Crippen molar-refractivity contribution in [3.63, 3.8) is 0 Å². The van der Waals surface area contributed by atoms with Crippen LogP contribution in [0.4, 0.5) is 20.7 Å². The number of anilines is 2. The standard InChI is InChI=1S/C22H32FN5O2.C17H25FN4O/c1-30-19-12-27(22-25-10-15(23)11-26-22)7-6-18(19)14-8-16-4-5-17(9-14)28(16)20(21(24)29)13-2-3-13;1-23-16-10-22(17-19-8-12(18)9-20-17)5-4-15(16)11-6-13-2-3-14(7-11)21-13/h10-11,13-14,16-20H,2-9,12H2,1H3,(H2,24,29);8-9,11,13-16,21H,2-7,10H2,1H3/t14?,16-,17+,18-,19-,20-;11?,13-,14+,15-,16-/m11/s1. The summed E-state index contributed by atoms with van der Waals surface area (Å²) in [6.45, 7) is 3.31. The molecule has 11 atom stereocenters. The molecular weight excluding hydrogens is 680 g/mol. The molecule has 4 bridgehead atoms. The van der Waals surface area contributed by atoms with Crippen LogP contribution in [0.15, 0.2) is 24.8 Å². The highest BCUT2D eigenvalue weighted by Gasteiger charge is 2.52. The summed E-state index contributed by atoms with van der Waals surface area (Å²) in [4.78, 5) is 35.4. The molecule has 12 nitrogen and oxygen atoms in total. The minimum absolute atomic E-state index is 0.0563. The number of rotatable bonds is 9. The van der Waals surface area contributed by atoms with Gasteiger partial charge in [-0.2, -0.15) is 0 Å². The van der Waals surface area contributed by atoms with Crippen LogP contribution >= 0.6 is 0 Å². The summed E-state index contributed by atoms with van der Waals surface area (Å²) in [6, 6.07) is 2.33. The van der Waals surface area contributed by atoms with E-state index in [1.54, 1.807) is 7.11 Å². The molecule has 2 aromatic heterocycles. The van der Waals surface area contributed by atoms with E-state index < -0.39 is 11.6 Å². The van der Waals surface area contributed by atoms with Crippen LogP contribution in [0, 0.1) is 41.2 Å². The first-order valence-electron chi connectivity index (χ1n) is 20.1. The molecule has 8 heterocycles. The number of nitrogens with one attached hydrogen (secondary N) is 1. The predicted molar refractivity (Wildman–Crippen MR) is 196 cm³/mol. The van der Waals surface area contributed by atoms with Crippen molar-refractivity contribution >= 4 is 17.8 Å². The molecule has 3 N–H and O–H groups in total. The first-order chi connectivity index (χ1) is 25.8. The van der Waals surface area contributed by atoms with Crippen LogP contribution in [0.25, 0.3) is 0 Å². The van der Waals surface area contributed by atoms with E-state index in [1.807, 2.05) is 7.11 Å². The summed E-state index contributed by atoms with van der Waals surface area (Å²) in [5.41, 5.74) is 5.82. The van der Waals surface area contributed by atoms with Crippen molar-refractivity contribution in [3.8, 4) is 0 Å². The molecule has 1 saturated carbocycles. The predicted octanol–water partition coefficient (Wildman–Crippen LogP) is 3.95. The zero-order valence-corrected chi connectivity index (χ0v) is 31.2. The minimum atomic E-state index is -0.417. The van der Waals surface area contributed by atoms with Crippen LogP contribution in [0.2, 0.25) is 0 Å². The Balaban J connectivity index is 0.000000156. The van der Waals surface area contributed by atoms with Gasteiger partial charge >= 0.3 is 0 Å². The van der Waals surface area contributed by atoms with E-state index in [0.717, 1.165) is 82.7 Å². The number of fused-ring (bicyclic) bond motifs is 4. The van der Waals surface area contributed by atoms with Gasteiger partial charge in [-0.05, 0) is 107 Å². The number of carbonyl (C=O) groups excluding carboxylic acids is 1. The number of hydrogen-bond acceptors (Lipinski definition) is 11. The summed E-state index contributed by atoms with van der Waals surface area (Å²) in [5, 5.41) is 3.73. The molecule has 53 heavy (non-hydrogen) atoms. The third-order valence-corrected chi connectivity index (χ3v) is 13.8. The highest BCUT2D eigenvalue weighted by atomic mass is 19.1. The van der Waals surface area contributed by atoms with Gasteiger partial charge in [0.1, 0.15) is 0 Å². The number of amides is 1. The SMILES string of the molecule is CO[C@@H]1CN(c2ncc(F)cn2)CC[C@@H]1C1C[C@H]2CC[C@@H](C1)N2.CO[C@@H]1CN(c2ncc(F)cn2)CC[C@@H]1C1C[C@H]2CC[C@@H](C1)N2[C@@H](C(N)=O)C1CC1. The normalized spacial score (nSPS) is 36.2. The van der Waals surface area contributed by atoms with Crippen molar-refractivity contribution in [1.29, 1.82) is 0 Å². The summed E-state index contributed by atoms with van der Waals surface area (Å²) in [7, 11) is 3.59. The Labute approximate surface area is 312 Å². The second kappa shape index (κ2) is 16.0. The Bertz CT molecular complexity index is 1510. The second-order valence-corrected chi connectivity index (χ2v) is 16.9. The largest absolute Gasteiger partial charge is 0.379 e. The van der Waals surface area contributed by atoms with E-state index in [-0.39, 0.29) is 24.2 Å². The fourth-order valence-corrected chi connectivity index (χ4v) is 11.3. The first kappa shape index (κ1) is 36.9. The van der Waals surface area contributed by atoms with Gasteiger partial charge in [-0.25, -0.2) is 28.7 Å². The van der Waals surface area contributed by atoms with Gasteiger partial charge in [-0.3, -0.25) is 9.69 Å². The van der Waals surface area contributed by atoms with Crippen molar-refractivity contribution in [2.45, 2.75) is 119 Å². The fraction of sp³-hybridized carbons (Fsp3) is 0.769. The number of piperidine rings is 4. The van der Waals surface area contributed by atoms with Crippen LogP contribution in [0.1, 0.15) is 77.0 Å². The number of ether oxygens (including phenoxy) is 2. The number of hydrogen-bond donors (Lipinski definition) is 2. The molecule has 9 rings (SSSR count). The van der Waals surface area contributed by atoms with E-state index in [1.165, 1.54) is 63.3 Å². The van der Waals surface area contributed by atoms with Crippen molar-refractivity contribution in [1.82, 2.24) is 30.2 Å². The van der Waals surface area contributed by atoms with E-state index in [2.05, 4.69) is 40.0 Å². The maximum atomic E-state index is 13.2. The lowest BCUT2D eigenvalue weighted by Gasteiger charge is -2.48. The van der Waals surface area contributed by atoms with Gasteiger partial charge in [-0.15, -0.1) is 0 Å². The molecule has 2 aromatic rings. The smallest absolute Gasteiger partial charge is 0.235 e. The molecule has 14 heteroatoms. The molecule has 7 aliphatic rings. The van der Waals surface area contributed by atoms with Crippen LogP contribution < -0.4 is 20.9 Å². The maximum Gasteiger partial charge on any atom is 0.235 e. The van der Waals surface area contributed by atoms with E-state index in [0.29, 0.717) is 47.7 Å². The van der Waals surface area contributed by atoms with Crippen LogP contribution in [-0.2, 0) is 14.3 Å². The molecule has 2 unspecified atom stereocenters. The molecule has 0 aromatic carbocycles. The number of nitrogens with zero attached hydrogens (tertiary/aromatic N) is 7. The Kier molecular flexibility index (Phi) is 11.1. The van der Waals surface area contributed by atoms with Crippen molar-refractivity contribution in [3.05, 3.63) is 36.4 Å². The Morgan fingerprint density at radius 3 is 1.58 bits per heavy atom. The van der Waals surface area contributed by atoms with Gasteiger partial charge in [0.2, 0.25) is 17.8 Å². The van der Waals surface area contributed by atoms with Gasteiger partial charge in [0.15, 0.2) is 11.6 Å². The third-order valence-electron chi connectivity index (χ3n) is 13.8. The molecule has 7 fully saturated rings. The Hall–Kier alpha value is -3.07. The third kappa shape index (κ3) is 8.02. The van der Waals surface area contributed by atoms with E-state index in [4.69, 9.17) is 15.2 Å². The molecule has 6 saturated heterocycles. The first-order valence-corrected chi connectivity index (χ1v) is 20.1. The monoisotopic (exact) mass is 737 g/mol. The molecule has 1 aliphatic carbocycles. The van der Waals surface area contributed by atoms with Crippen molar-refractivity contribution in [2.75, 3.05) is 50.2 Å². The van der Waals surface area contributed by atoms with Gasteiger partial charge in [-0.1, -0.05) is 0 Å². The van der Waals surface area contributed by atoms with Gasteiger partial charge in [0.25, 0.3) is 0 Å². The average Bonchev–Trinajstić information content (AvgIpc) is 3.91. The summed E-state index contributed by atoms with van der Waals surface area (Å²) in [6.07, 6.45) is 19.5. The van der Waals surface area contributed by atoms with E-state index >= 15 is 0 Å². The minimum Gasteiger partial charge on any atom is -0.379 e. The van der Waals surface area contributed by atoms with Crippen LogP contribution in [0.3, 0.4) is 0 Å². The summed E-state index contributed by atoms with van der Waals surface area (Å²) >= 11 is 0. The second-order valence-electron chi connectivity index (χ2n) is 16.9. The maximum absolute atomic E-state index is 13.2. The zero-order valence-electron chi connectivity index (χ0n) is 31.2. The van der Waals surface area contributed by atoms with E-state index in [9.17, 15) is 13.6 Å². The molecule has 0 spiro atoms. The topological polar surface area (TPSA) is 135 Å². The van der Waals surface area contributed by atoms with Crippen LogP contribution in [0.5, 0.6) is 0 Å². The molecule has 1 amide bonds. The number of carbonyl (C=O) groups is 1. The quantitative estimate of drug-likeness (QED) is 0.388. The summed E-state index contributed by atoms with van der Waals surface area (Å²) in [5.74, 6) is 3.19. The average molecular weight is 738 g/mol. The molecule has 0 radical (unpaired) electrons. The lowest BCUT2D eigenvalue weighted by atomic mass is 9.74. The highest BCUT2D eigenvalue weighted by Crippen LogP contribution is 2.48. The molecule has 6 aliphatic heterocycles. The van der Waals surface area contributed by atoms with Crippen molar-refractivity contribution < 1.29 is 23.0 Å². The Morgan fingerprint density at radius 1 is 0.717 bits per heavy atom. The summed E-state index contributed by atoms with van der Waals surface area (Å²) < 4.78 is 37.9. The molecular formula is C39H57F2N9O3. The number of aromatic nitrogens is 4. The van der Waals surface area contributed by atoms with Crippen LogP contribution in [-0.4, -0.2) is 114 Å². The number of nitrogens with two attached hydrogens (primary N) is 1. The Morgan fingerprint density at radius 2 is 1.17 bits per heavy atom. The van der Waals surface area contributed by atoms with Gasteiger partial charge < -0.3 is 30.3 Å². The number of methoxy groups -OCH3 is 2. The van der Waals surface area contributed by atoms with Gasteiger partial charge in [0.05, 0.1) is 43.0 Å². The fourth-order valence-electron chi connectivity index (χ4n) is 11.3. The van der Waals surface area contributed by atoms with Crippen molar-refractivity contribution in [2.24, 2.45) is 35.3 Å². The number of primary amides is 1. The molecule has 290 valence electrons. The highest BCUT2D eigenvalue weighted by molar-refractivity contribution is 5.80. The lowest BCUT2D eigenvalue weighted by molar-refractivity contribution is -0.127. The number of halogens is 2. The van der Waals surface area contributed by atoms with Gasteiger partial charge in [0, 0.05) is 64.6 Å². The zero-order chi connectivity index (χ0) is 36.6.